The fraction of sp³-hybridized carbons (Fsp3) is 0.344. The van der Waals surface area contributed by atoms with Crippen molar-refractivity contribution in [1.82, 2.24) is 0 Å². The monoisotopic (exact) mass is 818 g/mol. The first-order chi connectivity index (χ1) is 30.0. The summed E-state index contributed by atoms with van der Waals surface area (Å²) in [5.41, 5.74) is 19.5. The van der Waals surface area contributed by atoms with E-state index < -0.39 is 0 Å². The lowest BCUT2D eigenvalue weighted by atomic mass is 9.76. The Morgan fingerprint density at radius 2 is 1.02 bits per heavy atom. The van der Waals surface area contributed by atoms with Crippen molar-refractivity contribution in [2.45, 2.75) is 135 Å². The van der Waals surface area contributed by atoms with E-state index in [0.29, 0.717) is 5.92 Å². The Morgan fingerprint density at radius 3 is 1.50 bits per heavy atom. The van der Waals surface area contributed by atoms with E-state index >= 15 is 0 Å². The Hall–Kier alpha value is -5.40. The molecule has 0 spiro atoms. The van der Waals surface area contributed by atoms with Crippen molar-refractivity contribution in [3.05, 3.63) is 197 Å². The molecular weight excluding hydrogens is 747 g/mol. The third kappa shape index (κ3) is 10.6. The maximum Gasteiger partial charge on any atom is 0.0546 e. The number of fused-ring (bicyclic) bond motifs is 3. The summed E-state index contributed by atoms with van der Waals surface area (Å²) in [6.07, 6.45) is 18.3. The van der Waals surface area contributed by atoms with E-state index in [-0.39, 0.29) is 10.8 Å². The van der Waals surface area contributed by atoms with Crippen molar-refractivity contribution in [3.8, 4) is 11.1 Å². The van der Waals surface area contributed by atoms with Crippen molar-refractivity contribution in [2.75, 3.05) is 4.90 Å². The molecule has 62 heavy (non-hydrogen) atoms. The van der Waals surface area contributed by atoms with Crippen LogP contribution >= 0.6 is 0 Å². The van der Waals surface area contributed by atoms with Gasteiger partial charge in [-0.05, 0) is 142 Å². The second-order valence-corrected chi connectivity index (χ2v) is 19.8. The summed E-state index contributed by atoms with van der Waals surface area (Å²) in [4.78, 5) is 2.55. The van der Waals surface area contributed by atoms with Gasteiger partial charge in [0.15, 0.2) is 0 Å². The molecule has 0 N–H and O–H groups in total. The van der Waals surface area contributed by atoms with Gasteiger partial charge in [0.25, 0.3) is 0 Å². The van der Waals surface area contributed by atoms with Gasteiger partial charge in [0.2, 0.25) is 0 Å². The summed E-state index contributed by atoms with van der Waals surface area (Å²) in [6.45, 7) is 22.3. The van der Waals surface area contributed by atoms with Gasteiger partial charge in [0, 0.05) is 22.9 Å². The second kappa shape index (κ2) is 20.2. The quantitative estimate of drug-likeness (QED) is 0.0736. The zero-order valence-electron chi connectivity index (χ0n) is 38.8. The molecule has 1 aliphatic rings. The zero-order chi connectivity index (χ0) is 43.7. The van der Waals surface area contributed by atoms with Crippen molar-refractivity contribution < 1.29 is 0 Å². The number of rotatable bonds is 19. The number of para-hydroxylation sites is 2. The van der Waals surface area contributed by atoms with E-state index in [1.165, 1.54) is 125 Å². The largest absolute Gasteiger partial charge is 0.310 e. The molecule has 1 heteroatoms. The lowest BCUT2D eigenvalue weighted by Crippen LogP contribution is -2.20. The Morgan fingerprint density at radius 1 is 0.516 bits per heavy atom. The van der Waals surface area contributed by atoms with Crippen LogP contribution in [-0.4, -0.2) is 0 Å². The highest BCUT2D eigenvalue weighted by Gasteiger charge is 2.38. The SMILES string of the molecule is C=Cc1ccc(CCCCCCc2c(C(C)(C)C)cc(N(c3ccccc3)c3ccccc3)c3c2C(CCCCCCc2ccc(C=C)cc2)c2cc(C(C)(C)C)ccc2-3)cc1. The van der Waals surface area contributed by atoms with E-state index in [0.717, 1.165) is 19.3 Å². The van der Waals surface area contributed by atoms with E-state index in [2.05, 4.69) is 193 Å². The molecule has 0 amide bonds. The molecule has 1 aliphatic carbocycles. The lowest BCUT2D eigenvalue weighted by molar-refractivity contribution is 0.562. The fourth-order valence-electron chi connectivity index (χ4n) is 9.75. The standard InChI is InChI=1S/C61H71N/c1-9-45-33-37-47(38-34-45)25-17-11-13-23-31-52-55-43-49(60(3,4)5)41-42-53(55)59-57(62(50-27-19-15-20-28-50)51-29-21-16-22-30-51)44-56(61(6,7)8)54(58(52)59)32-24-14-12-18-26-48-39-35-46(10-2)36-40-48/h9-10,15-16,19-22,27-30,33-44,52H,1-2,11-14,17-18,23-26,31-32H2,3-8H3. The maximum absolute atomic E-state index is 3.93. The molecule has 6 aromatic carbocycles. The Kier molecular flexibility index (Phi) is 14.5. The number of nitrogens with zero attached hydrogens (tertiary/aromatic N) is 1. The summed E-state index contributed by atoms with van der Waals surface area (Å²) >= 11 is 0. The van der Waals surface area contributed by atoms with Crippen LogP contribution in [0.5, 0.6) is 0 Å². The molecule has 0 bridgehead atoms. The number of unbranched alkanes of at least 4 members (excludes halogenated alkanes) is 6. The first-order valence-corrected chi connectivity index (χ1v) is 23.6. The Labute approximate surface area is 375 Å². The molecule has 0 saturated heterocycles. The van der Waals surface area contributed by atoms with Crippen molar-refractivity contribution in [2.24, 2.45) is 0 Å². The molecule has 6 aromatic rings. The maximum atomic E-state index is 3.93. The smallest absolute Gasteiger partial charge is 0.0546 e. The molecule has 0 fully saturated rings. The molecule has 0 aromatic heterocycles. The van der Waals surface area contributed by atoms with Crippen molar-refractivity contribution >= 4 is 29.2 Å². The molecule has 320 valence electrons. The summed E-state index contributed by atoms with van der Waals surface area (Å²) in [5.74, 6) is 0.358. The average Bonchev–Trinajstić information content (AvgIpc) is 3.60. The zero-order valence-corrected chi connectivity index (χ0v) is 38.8. The van der Waals surface area contributed by atoms with Gasteiger partial charge in [-0.25, -0.2) is 0 Å². The highest BCUT2D eigenvalue weighted by Crippen LogP contribution is 2.57. The van der Waals surface area contributed by atoms with Gasteiger partial charge in [-0.15, -0.1) is 0 Å². The van der Waals surface area contributed by atoms with E-state index in [4.69, 9.17) is 0 Å². The van der Waals surface area contributed by atoms with Crippen LogP contribution in [0.1, 0.15) is 155 Å². The molecule has 0 heterocycles. The predicted molar refractivity (Wildman–Crippen MR) is 272 cm³/mol. The molecule has 0 radical (unpaired) electrons. The van der Waals surface area contributed by atoms with Crippen LogP contribution in [0.25, 0.3) is 23.3 Å². The van der Waals surface area contributed by atoms with Crippen LogP contribution in [0, 0.1) is 0 Å². The molecule has 0 saturated carbocycles. The summed E-state index contributed by atoms with van der Waals surface area (Å²) in [7, 11) is 0. The minimum atomic E-state index is -0.0322. The highest BCUT2D eigenvalue weighted by molar-refractivity contribution is 5.95. The molecule has 1 atom stereocenters. The van der Waals surface area contributed by atoms with Gasteiger partial charge in [0.05, 0.1) is 5.69 Å². The number of hydrogen-bond donors (Lipinski definition) is 0. The lowest BCUT2D eigenvalue weighted by Gasteiger charge is -2.33. The topological polar surface area (TPSA) is 3.24 Å². The number of benzene rings is 6. The van der Waals surface area contributed by atoms with E-state index in [1.807, 2.05) is 12.2 Å². The number of anilines is 3. The number of aryl methyl sites for hydroxylation is 2. The van der Waals surface area contributed by atoms with Crippen LogP contribution in [0.15, 0.2) is 147 Å². The van der Waals surface area contributed by atoms with Crippen LogP contribution < -0.4 is 4.90 Å². The van der Waals surface area contributed by atoms with Crippen LogP contribution in [0.4, 0.5) is 17.1 Å². The third-order valence-electron chi connectivity index (χ3n) is 13.2. The molecule has 7 rings (SSSR count). The first-order valence-electron chi connectivity index (χ1n) is 23.6. The van der Waals surface area contributed by atoms with Crippen LogP contribution in [0.2, 0.25) is 0 Å². The normalized spacial score (nSPS) is 13.4. The number of hydrogen-bond acceptors (Lipinski definition) is 1. The fourth-order valence-corrected chi connectivity index (χ4v) is 9.75. The highest BCUT2D eigenvalue weighted by atomic mass is 15.1. The first kappa shape index (κ1) is 44.6. The summed E-state index contributed by atoms with van der Waals surface area (Å²) in [6, 6.07) is 50.1. The van der Waals surface area contributed by atoms with Gasteiger partial charge in [0.1, 0.15) is 0 Å². The summed E-state index contributed by atoms with van der Waals surface area (Å²) < 4.78 is 0. The van der Waals surface area contributed by atoms with Gasteiger partial charge >= 0.3 is 0 Å². The van der Waals surface area contributed by atoms with Crippen LogP contribution in [-0.2, 0) is 30.1 Å². The minimum Gasteiger partial charge on any atom is -0.310 e. The molecule has 0 aliphatic heterocycles. The predicted octanol–water partition coefficient (Wildman–Crippen LogP) is 17.7. The third-order valence-corrected chi connectivity index (χ3v) is 13.2. The molecular formula is C61H71N. The Bertz CT molecular complexity index is 2350. The summed E-state index contributed by atoms with van der Waals surface area (Å²) in [5, 5.41) is 0. The molecule has 1 nitrogen and oxygen atoms in total. The van der Waals surface area contributed by atoms with E-state index in [1.54, 1.807) is 11.1 Å². The minimum absolute atomic E-state index is 0.0322. The van der Waals surface area contributed by atoms with Gasteiger partial charge in [-0.3, -0.25) is 0 Å². The van der Waals surface area contributed by atoms with Crippen molar-refractivity contribution in [3.63, 3.8) is 0 Å². The average molecular weight is 818 g/mol. The van der Waals surface area contributed by atoms with Crippen molar-refractivity contribution in [1.29, 1.82) is 0 Å². The van der Waals surface area contributed by atoms with E-state index in [9.17, 15) is 0 Å². The Balaban J connectivity index is 1.27. The molecule has 1 unspecified atom stereocenters. The van der Waals surface area contributed by atoms with Gasteiger partial charge < -0.3 is 4.90 Å². The van der Waals surface area contributed by atoms with Gasteiger partial charge in [-0.1, -0.05) is 202 Å². The van der Waals surface area contributed by atoms with Gasteiger partial charge in [-0.2, -0.15) is 0 Å². The second-order valence-electron chi connectivity index (χ2n) is 19.8. The van der Waals surface area contributed by atoms with Crippen LogP contribution in [0.3, 0.4) is 0 Å².